The smallest absolute Gasteiger partial charge is 0.251 e. The maximum Gasteiger partial charge on any atom is 0.251 e. The molecule has 0 N–H and O–H groups in total. The van der Waals surface area contributed by atoms with Crippen molar-refractivity contribution in [1.82, 2.24) is 24.6 Å². The maximum atomic E-state index is 13.0. The number of aromatic nitrogens is 4. The maximum absolute atomic E-state index is 13.0. The molecule has 0 saturated heterocycles. The molecule has 1 aromatic carbocycles. The third kappa shape index (κ3) is 4.28. The number of benzene rings is 1. The molecule has 1 unspecified atom stereocenters. The number of allylic oxidation sites excluding steroid dienone is 1. The highest BCUT2D eigenvalue weighted by Crippen LogP contribution is 2.34. The summed E-state index contributed by atoms with van der Waals surface area (Å²) in [5.41, 5.74) is 1.80. The van der Waals surface area contributed by atoms with E-state index < -0.39 is 0 Å². The van der Waals surface area contributed by atoms with Gasteiger partial charge in [0.15, 0.2) is 11.4 Å². The zero-order valence-electron chi connectivity index (χ0n) is 18.0. The lowest BCUT2D eigenvalue weighted by atomic mass is 10.2. The van der Waals surface area contributed by atoms with Gasteiger partial charge in [0, 0.05) is 13.1 Å². The topological polar surface area (TPSA) is 77.5 Å². The van der Waals surface area contributed by atoms with Crippen molar-refractivity contribution in [2.45, 2.75) is 25.8 Å². The Morgan fingerprint density at radius 2 is 2.06 bits per heavy atom. The van der Waals surface area contributed by atoms with E-state index in [-0.39, 0.29) is 16.9 Å². The summed E-state index contributed by atoms with van der Waals surface area (Å²) < 4.78 is 8.51. The molecule has 31 heavy (non-hydrogen) atoms. The van der Waals surface area contributed by atoms with Crippen molar-refractivity contribution in [2.24, 2.45) is 11.0 Å². The first-order chi connectivity index (χ1) is 15.0. The van der Waals surface area contributed by atoms with E-state index in [9.17, 15) is 4.79 Å². The van der Waals surface area contributed by atoms with Gasteiger partial charge < -0.3 is 4.74 Å². The molecule has 1 saturated carbocycles. The monoisotopic (exact) mass is 418 g/mol. The molecule has 3 aromatic rings. The number of nitrogens with zero attached hydrogens (tertiary/aromatic N) is 6. The number of hydrazone groups is 1. The van der Waals surface area contributed by atoms with E-state index in [1.165, 1.54) is 30.8 Å². The van der Waals surface area contributed by atoms with E-state index in [2.05, 4.69) is 28.8 Å². The third-order valence-corrected chi connectivity index (χ3v) is 5.57. The highest BCUT2D eigenvalue weighted by molar-refractivity contribution is 6.00. The average Bonchev–Trinajstić information content (AvgIpc) is 3.54. The largest absolute Gasteiger partial charge is 0.491 e. The molecule has 2 aromatic heterocycles. The van der Waals surface area contributed by atoms with Crippen molar-refractivity contribution in [3.8, 4) is 22.8 Å². The SMILES string of the molecule is C=C(/C=N\N(C)C(C)C1CC1)n1cc(OC)c(=O)c(-c2ccnn2-c2ccccc2)n1. The Bertz CT molecular complexity index is 1160. The Kier molecular flexibility index (Phi) is 5.70. The second kappa shape index (κ2) is 8.59. The molecule has 0 radical (unpaired) electrons. The molecular weight excluding hydrogens is 392 g/mol. The molecule has 0 aliphatic heterocycles. The summed E-state index contributed by atoms with van der Waals surface area (Å²) in [4.78, 5) is 13.0. The number of rotatable bonds is 8. The van der Waals surface area contributed by atoms with Crippen LogP contribution in [0.15, 0.2) is 65.3 Å². The van der Waals surface area contributed by atoms with E-state index in [0.29, 0.717) is 23.4 Å². The lowest BCUT2D eigenvalue weighted by molar-refractivity contribution is 0.247. The molecule has 160 valence electrons. The first-order valence-corrected chi connectivity index (χ1v) is 10.2. The number of hydrogen-bond donors (Lipinski definition) is 0. The molecule has 0 amide bonds. The van der Waals surface area contributed by atoms with E-state index in [0.717, 1.165) is 5.69 Å². The molecule has 4 rings (SSSR count). The molecule has 1 fully saturated rings. The predicted molar refractivity (Wildman–Crippen MR) is 121 cm³/mol. The lowest BCUT2D eigenvalue weighted by Crippen LogP contribution is -2.26. The normalized spacial score (nSPS) is 14.5. The van der Waals surface area contributed by atoms with Gasteiger partial charge in [-0.05, 0) is 43.9 Å². The van der Waals surface area contributed by atoms with E-state index in [1.54, 1.807) is 23.2 Å². The Labute approximate surface area is 181 Å². The molecule has 0 spiro atoms. The minimum atomic E-state index is -0.319. The first-order valence-electron chi connectivity index (χ1n) is 10.2. The lowest BCUT2D eigenvalue weighted by Gasteiger charge is -2.21. The van der Waals surface area contributed by atoms with Crippen molar-refractivity contribution in [1.29, 1.82) is 0 Å². The first kappa shape index (κ1) is 20.6. The third-order valence-electron chi connectivity index (χ3n) is 5.57. The summed E-state index contributed by atoms with van der Waals surface area (Å²) in [6, 6.07) is 11.7. The number of para-hydroxylation sites is 1. The van der Waals surface area contributed by atoms with Crippen LogP contribution in [0.4, 0.5) is 0 Å². The van der Waals surface area contributed by atoms with Crippen LogP contribution in [-0.4, -0.2) is 51.0 Å². The van der Waals surface area contributed by atoms with Crippen LogP contribution in [0.2, 0.25) is 0 Å². The van der Waals surface area contributed by atoms with Gasteiger partial charge in [0.1, 0.15) is 0 Å². The number of hydrogen-bond acceptors (Lipinski definition) is 6. The second-order valence-electron chi connectivity index (χ2n) is 7.67. The van der Waals surface area contributed by atoms with Crippen LogP contribution in [0.25, 0.3) is 22.8 Å². The summed E-state index contributed by atoms with van der Waals surface area (Å²) in [5, 5.41) is 15.3. The fourth-order valence-electron chi connectivity index (χ4n) is 3.39. The molecule has 1 aliphatic carbocycles. The standard InChI is InChI=1S/C23H26N6O2/c1-16(14-25-27(3)17(2)18-10-11-18)28-15-21(31-4)23(30)22(26-28)20-12-13-24-29(20)19-8-6-5-7-9-19/h5-9,12-15,17-18H,1,10-11H2,2-4H3/b25-14-. The summed E-state index contributed by atoms with van der Waals surface area (Å²) in [7, 11) is 3.41. The Balaban J connectivity index is 1.69. The van der Waals surface area contributed by atoms with Crippen LogP contribution in [0.3, 0.4) is 0 Å². The fourth-order valence-corrected chi connectivity index (χ4v) is 3.39. The average molecular weight is 419 g/mol. The van der Waals surface area contributed by atoms with Gasteiger partial charge in [0.25, 0.3) is 5.43 Å². The van der Waals surface area contributed by atoms with E-state index in [4.69, 9.17) is 4.74 Å². The number of ether oxygens (including phenoxy) is 1. The van der Waals surface area contributed by atoms with Crippen molar-refractivity contribution < 1.29 is 4.74 Å². The molecule has 8 nitrogen and oxygen atoms in total. The summed E-state index contributed by atoms with van der Waals surface area (Å²) >= 11 is 0. The Morgan fingerprint density at radius 3 is 2.74 bits per heavy atom. The van der Waals surface area contributed by atoms with Crippen LogP contribution in [0.1, 0.15) is 19.8 Å². The summed E-state index contributed by atoms with van der Waals surface area (Å²) in [6.07, 6.45) is 7.30. The van der Waals surface area contributed by atoms with Gasteiger partial charge >= 0.3 is 0 Å². The number of methoxy groups -OCH3 is 1. The van der Waals surface area contributed by atoms with Crippen LogP contribution >= 0.6 is 0 Å². The molecule has 8 heteroatoms. The van der Waals surface area contributed by atoms with Crippen molar-refractivity contribution >= 4 is 11.9 Å². The van der Waals surface area contributed by atoms with E-state index in [1.807, 2.05) is 42.4 Å². The molecule has 1 aliphatic rings. The molecular formula is C23H26N6O2. The van der Waals surface area contributed by atoms with Gasteiger partial charge in [-0.2, -0.15) is 15.3 Å². The van der Waals surface area contributed by atoms with Crippen LogP contribution in [0.5, 0.6) is 5.75 Å². The van der Waals surface area contributed by atoms with Gasteiger partial charge in [-0.1, -0.05) is 24.8 Å². The van der Waals surface area contributed by atoms with Gasteiger partial charge in [-0.15, -0.1) is 0 Å². The van der Waals surface area contributed by atoms with Crippen molar-refractivity contribution in [3.05, 3.63) is 65.6 Å². The Hall–Kier alpha value is -3.68. The van der Waals surface area contributed by atoms with E-state index >= 15 is 0 Å². The van der Waals surface area contributed by atoms with Gasteiger partial charge in [0.2, 0.25) is 0 Å². The Morgan fingerprint density at radius 1 is 1.32 bits per heavy atom. The van der Waals surface area contributed by atoms with Crippen LogP contribution in [0, 0.1) is 5.92 Å². The van der Waals surface area contributed by atoms with Gasteiger partial charge in [-0.25, -0.2) is 9.36 Å². The van der Waals surface area contributed by atoms with Gasteiger partial charge in [0.05, 0.1) is 42.8 Å². The molecule has 2 heterocycles. The molecule has 1 atom stereocenters. The molecule has 0 bridgehead atoms. The summed E-state index contributed by atoms with van der Waals surface area (Å²) in [5.74, 6) is 0.867. The predicted octanol–water partition coefficient (Wildman–Crippen LogP) is 3.29. The minimum Gasteiger partial charge on any atom is -0.491 e. The highest BCUT2D eigenvalue weighted by Gasteiger charge is 2.30. The van der Waals surface area contributed by atoms with Crippen molar-refractivity contribution in [3.63, 3.8) is 0 Å². The van der Waals surface area contributed by atoms with Crippen LogP contribution < -0.4 is 10.2 Å². The fraction of sp³-hybridized carbons (Fsp3) is 0.304. The van der Waals surface area contributed by atoms with Gasteiger partial charge in [-0.3, -0.25) is 9.80 Å². The summed E-state index contributed by atoms with van der Waals surface area (Å²) in [6.45, 7) is 6.24. The highest BCUT2D eigenvalue weighted by atomic mass is 16.5. The zero-order chi connectivity index (χ0) is 22.0. The van der Waals surface area contributed by atoms with Crippen LogP contribution in [-0.2, 0) is 0 Å². The van der Waals surface area contributed by atoms with Crippen molar-refractivity contribution in [2.75, 3.05) is 14.2 Å². The minimum absolute atomic E-state index is 0.167. The second-order valence-corrected chi connectivity index (χ2v) is 7.67. The quantitative estimate of drug-likeness (QED) is 0.414. The zero-order valence-corrected chi connectivity index (χ0v) is 18.0.